The van der Waals surface area contributed by atoms with Crippen LogP contribution in [-0.4, -0.2) is 37.1 Å². The molecule has 1 saturated heterocycles. The molecule has 4 heteroatoms. The first-order valence-electron chi connectivity index (χ1n) is 6.05. The second-order valence-electron chi connectivity index (χ2n) is 4.59. The number of benzene rings is 1. The molecule has 1 fully saturated rings. The van der Waals surface area contributed by atoms with Gasteiger partial charge in [-0.05, 0) is 47.0 Å². The molecule has 0 aromatic heterocycles. The average molecular weight is 301 g/mol. The fourth-order valence-electron chi connectivity index (χ4n) is 2.26. The van der Waals surface area contributed by atoms with Crippen LogP contribution < -0.4 is 5.32 Å². The monoisotopic (exact) mass is 300 g/mol. The zero-order valence-electron chi connectivity index (χ0n) is 10.0. The van der Waals surface area contributed by atoms with Crippen molar-refractivity contribution in [3.8, 4) is 0 Å². The van der Waals surface area contributed by atoms with Crippen LogP contribution in [0.3, 0.4) is 0 Å². The van der Waals surface area contributed by atoms with Crippen molar-refractivity contribution in [2.75, 3.05) is 26.2 Å². The molecule has 0 radical (unpaired) electrons. The van der Waals surface area contributed by atoms with Crippen LogP contribution in [-0.2, 0) is 6.42 Å². The van der Waals surface area contributed by atoms with Gasteiger partial charge in [0.2, 0.25) is 0 Å². The Balaban J connectivity index is 1.96. The van der Waals surface area contributed by atoms with E-state index in [2.05, 4.69) is 33.1 Å². The maximum absolute atomic E-state index is 13.4. The molecule has 0 aliphatic carbocycles. The predicted octanol–water partition coefficient (Wildman–Crippen LogP) is 2.42. The molecule has 1 aliphatic rings. The van der Waals surface area contributed by atoms with Gasteiger partial charge in [0.15, 0.2) is 0 Å². The molecule has 1 aliphatic heterocycles. The lowest BCUT2D eigenvalue weighted by molar-refractivity contribution is 0.183. The molecule has 1 heterocycles. The first-order valence-corrected chi connectivity index (χ1v) is 6.85. The minimum Gasteiger partial charge on any atom is -0.314 e. The third kappa shape index (κ3) is 3.50. The molecule has 1 aromatic carbocycles. The first-order chi connectivity index (χ1) is 8.16. The summed E-state index contributed by atoms with van der Waals surface area (Å²) in [5.74, 6) is -0.171. The molecular formula is C13H18BrFN2. The molecule has 1 aromatic rings. The highest BCUT2D eigenvalue weighted by Gasteiger charge is 2.16. The van der Waals surface area contributed by atoms with E-state index in [9.17, 15) is 4.39 Å². The molecule has 2 rings (SSSR count). The van der Waals surface area contributed by atoms with Gasteiger partial charge < -0.3 is 5.32 Å². The third-order valence-electron chi connectivity index (χ3n) is 3.29. The van der Waals surface area contributed by atoms with Gasteiger partial charge in [0.25, 0.3) is 0 Å². The van der Waals surface area contributed by atoms with E-state index in [1.807, 2.05) is 6.07 Å². The highest BCUT2D eigenvalue weighted by Crippen LogP contribution is 2.18. The molecule has 2 nitrogen and oxygen atoms in total. The Labute approximate surface area is 110 Å². The van der Waals surface area contributed by atoms with Crippen LogP contribution in [0.2, 0.25) is 0 Å². The summed E-state index contributed by atoms with van der Waals surface area (Å²) >= 11 is 3.18. The van der Waals surface area contributed by atoms with Crippen molar-refractivity contribution in [1.82, 2.24) is 10.2 Å². The Hall–Kier alpha value is -0.450. The number of rotatable bonds is 3. The van der Waals surface area contributed by atoms with E-state index in [1.165, 1.54) is 0 Å². The summed E-state index contributed by atoms with van der Waals surface area (Å²) in [6.45, 7) is 6.49. The van der Waals surface area contributed by atoms with E-state index in [4.69, 9.17) is 0 Å². The standard InChI is InChI=1S/C13H18BrFN2/c1-10(17-6-4-16-5-7-17)8-11-2-3-12(14)13(15)9-11/h2-3,9-10,16H,4-8H2,1H3. The average Bonchev–Trinajstić information content (AvgIpc) is 2.35. The van der Waals surface area contributed by atoms with Gasteiger partial charge in [-0.3, -0.25) is 4.90 Å². The Bertz CT molecular complexity index is 378. The van der Waals surface area contributed by atoms with Gasteiger partial charge in [0.1, 0.15) is 5.82 Å². The zero-order valence-corrected chi connectivity index (χ0v) is 11.6. The molecule has 1 unspecified atom stereocenters. The third-order valence-corrected chi connectivity index (χ3v) is 3.93. The molecule has 0 spiro atoms. The quantitative estimate of drug-likeness (QED) is 0.922. The van der Waals surface area contributed by atoms with Crippen LogP contribution >= 0.6 is 15.9 Å². The second-order valence-corrected chi connectivity index (χ2v) is 5.44. The molecule has 94 valence electrons. The molecule has 0 saturated carbocycles. The summed E-state index contributed by atoms with van der Waals surface area (Å²) in [5, 5.41) is 3.34. The number of halogens is 2. The highest BCUT2D eigenvalue weighted by atomic mass is 79.9. The lowest BCUT2D eigenvalue weighted by Gasteiger charge is -2.32. The Morgan fingerprint density at radius 3 is 2.76 bits per heavy atom. The van der Waals surface area contributed by atoms with Gasteiger partial charge in [-0.25, -0.2) is 4.39 Å². The van der Waals surface area contributed by atoms with Crippen molar-refractivity contribution in [3.05, 3.63) is 34.1 Å². The van der Waals surface area contributed by atoms with E-state index in [0.29, 0.717) is 10.5 Å². The molecule has 1 N–H and O–H groups in total. The summed E-state index contributed by atoms with van der Waals surface area (Å²) in [7, 11) is 0. The van der Waals surface area contributed by atoms with Gasteiger partial charge >= 0.3 is 0 Å². The minimum absolute atomic E-state index is 0.171. The van der Waals surface area contributed by atoms with Crippen molar-refractivity contribution in [1.29, 1.82) is 0 Å². The van der Waals surface area contributed by atoms with Crippen LogP contribution in [0.25, 0.3) is 0 Å². The summed E-state index contributed by atoms with van der Waals surface area (Å²) in [6, 6.07) is 5.88. The van der Waals surface area contributed by atoms with Crippen molar-refractivity contribution < 1.29 is 4.39 Å². The van der Waals surface area contributed by atoms with Crippen LogP contribution in [0.4, 0.5) is 4.39 Å². The second kappa shape index (κ2) is 5.94. The zero-order chi connectivity index (χ0) is 12.3. The number of hydrogen-bond donors (Lipinski definition) is 1. The van der Waals surface area contributed by atoms with E-state index < -0.39 is 0 Å². The summed E-state index contributed by atoms with van der Waals surface area (Å²) in [5.41, 5.74) is 1.07. The van der Waals surface area contributed by atoms with Crippen molar-refractivity contribution in [2.45, 2.75) is 19.4 Å². The van der Waals surface area contributed by atoms with Crippen molar-refractivity contribution in [2.24, 2.45) is 0 Å². The molecular weight excluding hydrogens is 283 g/mol. The first kappa shape index (κ1) is 13.0. The largest absolute Gasteiger partial charge is 0.314 e. The number of hydrogen-bond acceptors (Lipinski definition) is 2. The molecule has 1 atom stereocenters. The van der Waals surface area contributed by atoms with E-state index in [-0.39, 0.29) is 5.82 Å². The van der Waals surface area contributed by atoms with Crippen LogP contribution in [0.15, 0.2) is 22.7 Å². The Morgan fingerprint density at radius 1 is 1.41 bits per heavy atom. The van der Waals surface area contributed by atoms with Crippen LogP contribution in [0, 0.1) is 5.82 Å². The fraction of sp³-hybridized carbons (Fsp3) is 0.538. The lowest BCUT2D eigenvalue weighted by atomic mass is 10.1. The molecule has 17 heavy (non-hydrogen) atoms. The highest BCUT2D eigenvalue weighted by molar-refractivity contribution is 9.10. The normalized spacial score (nSPS) is 19.2. The van der Waals surface area contributed by atoms with E-state index in [1.54, 1.807) is 12.1 Å². The van der Waals surface area contributed by atoms with Gasteiger partial charge in [-0.15, -0.1) is 0 Å². The number of piperazine rings is 1. The minimum atomic E-state index is -0.171. The van der Waals surface area contributed by atoms with E-state index in [0.717, 1.165) is 38.2 Å². The Kier molecular flexibility index (Phi) is 4.54. The summed E-state index contributed by atoms with van der Waals surface area (Å²) in [6.07, 6.45) is 0.907. The smallest absolute Gasteiger partial charge is 0.137 e. The van der Waals surface area contributed by atoms with Gasteiger partial charge in [0.05, 0.1) is 4.47 Å². The summed E-state index contributed by atoms with van der Waals surface area (Å²) in [4.78, 5) is 2.45. The molecule has 0 bridgehead atoms. The SMILES string of the molecule is CC(Cc1ccc(Br)c(F)c1)N1CCNCC1. The number of nitrogens with one attached hydrogen (secondary N) is 1. The van der Waals surface area contributed by atoms with Gasteiger partial charge in [0, 0.05) is 32.2 Å². The fourth-order valence-corrected chi connectivity index (χ4v) is 2.51. The molecule has 0 amide bonds. The Morgan fingerprint density at radius 2 is 2.12 bits per heavy atom. The lowest BCUT2D eigenvalue weighted by Crippen LogP contribution is -2.48. The van der Waals surface area contributed by atoms with E-state index >= 15 is 0 Å². The predicted molar refractivity (Wildman–Crippen MR) is 71.7 cm³/mol. The van der Waals surface area contributed by atoms with Gasteiger partial charge in [-0.1, -0.05) is 6.07 Å². The maximum atomic E-state index is 13.4. The van der Waals surface area contributed by atoms with Crippen LogP contribution in [0.5, 0.6) is 0 Å². The maximum Gasteiger partial charge on any atom is 0.137 e. The van der Waals surface area contributed by atoms with Crippen LogP contribution in [0.1, 0.15) is 12.5 Å². The summed E-state index contributed by atoms with van der Waals surface area (Å²) < 4.78 is 13.9. The topological polar surface area (TPSA) is 15.3 Å². The number of nitrogens with zero attached hydrogens (tertiary/aromatic N) is 1. The van der Waals surface area contributed by atoms with Crippen molar-refractivity contribution >= 4 is 15.9 Å². The van der Waals surface area contributed by atoms with Gasteiger partial charge in [-0.2, -0.15) is 0 Å². The van der Waals surface area contributed by atoms with Crippen molar-refractivity contribution in [3.63, 3.8) is 0 Å².